The maximum Gasteiger partial charge on any atom is 0.317 e. The number of rotatable bonds is 4. The van der Waals surface area contributed by atoms with E-state index < -0.39 is 11.6 Å². The van der Waals surface area contributed by atoms with E-state index in [1.165, 1.54) is 0 Å². The molecular weight excluding hydrogens is 280 g/mol. The van der Waals surface area contributed by atoms with Crippen LogP contribution in [0.1, 0.15) is 24.8 Å². The third-order valence-electron chi connectivity index (χ3n) is 5.01. The molecule has 5 nitrogen and oxygen atoms in total. The lowest BCUT2D eigenvalue weighted by molar-refractivity contribution is -0.142. The van der Waals surface area contributed by atoms with Crippen molar-refractivity contribution in [3.63, 3.8) is 0 Å². The van der Waals surface area contributed by atoms with E-state index in [4.69, 9.17) is 5.11 Å². The summed E-state index contributed by atoms with van der Waals surface area (Å²) in [7, 11) is 0. The Balaban J connectivity index is 1.86. The number of nitrogens with zero attached hydrogens (tertiary/aromatic N) is 2. The van der Waals surface area contributed by atoms with E-state index in [9.17, 15) is 9.90 Å². The lowest BCUT2D eigenvalue weighted by Gasteiger charge is -2.48. The van der Waals surface area contributed by atoms with Gasteiger partial charge in [0.1, 0.15) is 5.60 Å². The van der Waals surface area contributed by atoms with E-state index in [2.05, 4.69) is 4.90 Å². The summed E-state index contributed by atoms with van der Waals surface area (Å²) < 4.78 is 0. The maximum absolute atomic E-state index is 11.4. The summed E-state index contributed by atoms with van der Waals surface area (Å²) >= 11 is 0. The lowest BCUT2D eigenvalue weighted by Crippen LogP contribution is -2.60. The second-order valence-electron chi connectivity index (χ2n) is 6.43. The number of aliphatic carboxylic acids is 1. The van der Waals surface area contributed by atoms with Gasteiger partial charge in [-0.25, -0.2) is 0 Å². The van der Waals surface area contributed by atoms with Gasteiger partial charge in [0.2, 0.25) is 0 Å². The molecule has 2 fully saturated rings. The van der Waals surface area contributed by atoms with Gasteiger partial charge in [-0.15, -0.1) is 0 Å². The van der Waals surface area contributed by atoms with E-state index in [-0.39, 0.29) is 12.6 Å². The number of carbonyl (C=O) groups is 1. The summed E-state index contributed by atoms with van der Waals surface area (Å²) in [6, 6.07) is 9.80. The Kier molecular flexibility index (Phi) is 4.47. The second-order valence-corrected chi connectivity index (χ2v) is 6.43. The Morgan fingerprint density at radius 3 is 2.50 bits per heavy atom. The Hall–Kier alpha value is -1.43. The van der Waals surface area contributed by atoms with Crippen LogP contribution in [0.15, 0.2) is 30.3 Å². The van der Waals surface area contributed by atoms with Crippen LogP contribution in [0.3, 0.4) is 0 Å². The molecule has 2 atom stereocenters. The molecule has 2 aliphatic rings. The summed E-state index contributed by atoms with van der Waals surface area (Å²) in [5.74, 6) is -0.801. The third kappa shape index (κ3) is 3.02. The average Bonchev–Trinajstić information content (AvgIpc) is 3.04. The third-order valence-corrected chi connectivity index (χ3v) is 5.01. The average molecular weight is 304 g/mol. The number of likely N-dealkylation sites (tertiary alicyclic amines) is 2. The van der Waals surface area contributed by atoms with Crippen LogP contribution < -0.4 is 0 Å². The van der Waals surface area contributed by atoms with Crippen LogP contribution in [0.2, 0.25) is 0 Å². The zero-order valence-electron chi connectivity index (χ0n) is 12.8. The van der Waals surface area contributed by atoms with Crippen LogP contribution in [0.25, 0.3) is 0 Å². The SMILES string of the molecule is O=C(O)CN1CC[C@](O)(c2ccccc2)[C@H](N2CCCC2)C1. The minimum atomic E-state index is -0.888. The van der Waals surface area contributed by atoms with Crippen molar-refractivity contribution in [3.8, 4) is 0 Å². The van der Waals surface area contributed by atoms with Gasteiger partial charge >= 0.3 is 5.97 Å². The smallest absolute Gasteiger partial charge is 0.317 e. The maximum atomic E-state index is 11.4. The van der Waals surface area contributed by atoms with E-state index in [1.54, 1.807) is 0 Å². The zero-order valence-corrected chi connectivity index (χ0v) is 12.8. The van der Waals surface area contributed by atoms with Gasteiger partial charge in [0.15, 0.2) is 0 Å². The molecule has 2 aliphatic heterocycles. The van der Waals surface area contributed by atoms with Crippen molar-refractivity contribution in [2.24, 2.45) is 0 Å². The molecule has 1 aromatic rings. The molecule has 0 aliphatic carbocycles. The first kappa shape index (κ1) is 15.5. The molecular formula is C17H24N2O3. The van der Waals surface area contributed by atoms with E-state index in [0.29, 0.717) is 19.5 Å². The Morgan fingerprint density at radius 2 is 1.86 bits per heavy atom. The van der Waals surface area contributed by atoms with Gasteiger partial charge in [-0.3, -0.25) is 14.6 Å². The van der Waals surface area contributed by atoms with Crippen molar-refractivity contribution in [2.45, 2.75) is 30.9 Å². The molecule has 1 aromatic carbocycles. The zero-order chi connectivity index (χ0) is 15.6. The standard InChI is InChI=1S/C17H24N2O3/c20-16(21)13-18-11-8-17(22,14-6-2-1-3-7-14)15(12-18)19-9-4-5-10-19/h1-3,6-7,15,22H,4-5,8-13H2,(H,20,21)/t15-,17+/m1/s1. The molecule has 0 radical (unpaired) electrons. The molecule has 2 saturated heterocycles. The first-order chi connectivity index (χ1) is 10.6. The van der Waals surface area contributed by atoms with Crippen molar-refractivity contribution < 1.29 is 15.0 Å². The fourth-order valence-electron chi connectivity index (χ4n) is 3.85. The number of hydrogen-bond acceptors (Lipinski definition) is 4. The Bertz CT molecular complexity index is 516. The number of benzene rings is 1. The summed E-state index contributed by atoms with van der Waals surface area (Å²) in [6.45, 7) is 3.25. The monoisotopic (exact) mass is 304 g/mol. The van der Waals surface area contributed by atoms with Crippen molar-refractivity contribution in [3.05, 3.63) is 35.9 Å². The molecule has 0 bridgehead atoms. The molecule has 0 spiro atoms. The number of aliphatic hydroxyl groups is 1. The molecule has 22 heavy (non-hydrogen) atoms. The highest BCUT2D eigenvalue weighted by molar-refractivity contribution is 5.69. The van der Waals surface area contributed by atoms with Crippen molar-refractivity contribution >= 4 is 5.97 Å². The van der Waals surface area contributed by atoms with Crippen molar-refractivity contribution in [1.82, 2.24) is 9.80 Å². The van der Waals surface area contributed by atoms with Gasteiger partial charge in [-0.1, -0.05) is 30.3 Å². The van der Waals surface area contributed by atoms with Gasteiger partial charge in [-0.2, -0.15) is 0 Å². The van der Waals surface area contributed by atoms with Gasteiger partial charge in [-0.05, 0) is 37.9 Å². The largest absolute Gasteiger partial charge is 0.480 e. The van der Waals surface area contributed by atoms with Gasteiger partial charge < -0.3 is 10.2 Å². The Labute approximate surface area is 131 Å². The van der Waals surface area contributed by atoms with Crippen LogP contribution in [-0.2, 0) is 10.4 Å². The summed E-state index contributed by atoms with van der Waals surface area (Å²) in [5, 5.41) is 20.4. The highest BCUT2D eigenvalue weighted by Gasteiger charge is 2.46. The van der Waals surface area contributed by atoms with E-state index in [1.807, 2.05) is 35.2 Å². The van der Waals surface area contributed by atoms with E-state index in [0.717, 1.165) is 31.5 Å². The highest BCUT2D eigenvalue weighted by Crippen LogP contribution is 2.37. The Morgan fingerprint density at radius 1 is 1.18 bits per heavy atom. The minimum Gasteiger partial charge on any atom is -0.480 e. The highest BCUT2D eigenvalue weighted by atomic mass is 16.4. The fraction of sp³-hybridized carbons (Fsp3) is 0.588. The predicted octanol–water partition coefficient (Wildman–Crippen LogP) is 1.13. The van der Waals surface area contributed by atoms with Crippen molar-refractivity contribution in [1.29, 1.82) is 0 Å². The van der Waals surface area contributed by atoms with Crippen LogP contribution in [-0.4, -0.2) is 64.7 Å². The summed E-state index contributed by atoms with van der Waals surface area (Å²) in [5.41, 5.74) is 0.0579. The molecule has 5 heteroatoms. The molecule has 0 amide bonds. The van der Waals surface area contributed by atoms with Crippen LogP contribution >= 0.6 is 0 Å². The van der Waals surface area contributed by atoms with Crippen molar-refractivity contribution in [2.75, 3.05) is 32.7 Å². The first-order valence-corrected chi connectivity index (χ1v) is 8.06. The number of hydrogen-bond donors (Lipinski definition) is 2. The quantitative estimate of drug-likeness (QED) is 0.873. The number of carboxylic acids is 1. The lowest BCUT2D eigenvalue weighted by atomic mass is 9.79. The fourth-order valence-corrected chi connectivity index (χ4v) is 3.85. The van der Waals surface area contributed by atoms with Crippen LogP contribution in [0.4, 0.5) is 0 Å². The second kappa shape index (κ2) is 6.36. The van der Waals surface area contributed by atoms with Crippen LogP contribution in [0, 0.1) is 0 Å². The van der Waals surface area contributed by atoms with Gasteiger partial charge in [0, 0.05) is 13.1 Å². The summed E-state index contributed by atoms with van der Waals surface area (Å²) in [6.07, 6.45) is 2.88. The molecule has 2 heterocycles. The van der Waals surface area contributed by atoms with Gasteiger partial charge in [0.25, 0.3) is 0 Å². The molecule has 3 rings (SSSR count). The van der Waals surface area contributed by atoms with Gasteiger partial charge in [0.05, 0.1) is 12.6 Å². The number of carboxylic acid groups (broad SMARTS) is 1. The minimum absolute atomic E-state index is 0.0366. The number of piperidine rings is 1. The van der Waals surface area contributed by atoms with Crippen LogP contribution in [0.5, 0.6) is 0 Å². The molecule has 0 unspecified atom stereocenters. The molecule has 0 saturated carbocycles. The first-order valence-electron chi connectivity index (χ1n) is 8.06. The molecule has 2 N–H and O–H groups in total. The predicted molar refractivity (Wildman–Crippen MR) is 83.6 cm³/mol. The molecule has 0 aromatic heterocycles. The summed E-state index contributed by atoms with van der Waals surface area (Å²) in [4.78, 5) is 15.3. The topological polar surface area (TPSA) is 64.0 Å². The van der Waals surface area contributed by atoms with E-state index >= 15 is 0 Å². The normalized spacial score (nSPS) is 30.5. The molecule has 120 valence electrons.